The van der Waals surface area contributed by atoms with Gasteiger partial charge in [0, 0.05) is 24.0 Å². The van der Waals surface area contributed by atoms with Crippen molar-refractivity contribution in [2.75, 3.05) is 18.0 Å². The minimum Gasteiger partial charge on any atom is -0.481 e. The molecule has 4 rings (SSSR count). The van der Waals surface area contributed by atoms with Crippen LogP contribution in [0.3, 0.4) is 0 Å². The van der Waals surface area contributed by atoms with E-state index in [1.54, 1.807) is 12.1 Å². The molecule has 0 amide bonds. The van der Waals surface area contributed by atoms with Crippen LogP contribution in [0.4, 0.5) is 9.52 Å². The van der Waals surface area contributed by atoms with Gasteiger partial charge in [0.25, 0.3) is 0 Å². The highest BCUT2D eigenvalue weighted by Gasteiger charge is 2.55. The lowest BCUT2D eigenvalue weighted by Crippen LogP contribution is -2.35. The highest BCUT2D eigenvalue weighted by Crippen LogP contribution is 2.50. The third-order valence-corrected chi connectivity index (χ3v) is 6.10. The molecule has 1 aliphatic heterocycles. The second kappa shape index (κ2) is 5.30. The Kier molecular flexibility index (Phi) is 3.37. The van der Waals surface area contributed by atoms with Gasteiger partial charge in [0.15, 0.2) is 5.13 Å². The fourth-order valence-electron chi connectivity index (χ4n) is 3.95. The molecular formula is C17H17FN2O2S. The first kappa shape index (κ1) is 14.6. The van der Waals surface area contributed by atoms with Crippen LogP contribution in [0.5, 0.6) is 0 Å². The maximum Gasteiger partial charge on any atom is 0.311 e. The fourth-order valence-corrected chi connectivity index (χ4v) is 4.79. The number of rotatable bonds is 3. The van der Waals surface area contributed by atoms with E-state index >= 15 is 0 Å². The van der Waals surface area contributed by atoms with Gasteiger partial charge in [0.05, 0.1) is 11.1 Å². The molecule has 23 heavy (non-hydrogen) atoms. The number of carboxylic acid groups (broad SMARTS) is 1. The lowest BCUT2D eigenvalue weighted by molar-refractivity contribution is -0.149. The number of aliphatic carboxylic acids is 1. The monoisotopic (exact) mass is 332 g/mol. The van der Waals surface area contributed by atoms with Crippen LogP contribution < -0.4 is 4.90 Å². The Balaban J connectivity index is 1.58. The molecule has 2 fully saturated rings. The van der Waals surface area contributed by atoms with Crippen LogP contribution in [0.1, 0.15) is 19.3 Å². The summed E-state index contributed by atoms with van der Waals surface area (Å²) in [6.07, 6.45) is 2.75. The second-order valence-corrected chi connectivity index (χ2v) is 7.29. The van der Waals surface area contributed by atoms with E-state index in [4.69, 9.17) is 0 Å². The summed E-state index contributed by atoms with van der Waals surface area (Å²) in [7, 11) is 0. The summed E-state index contributed by atoms with van der Waals surface area (Å²) in [6, 6.07) is 6.28. The summed E-state index contributed by atoms with van der Waals surface area (Å²) in [5.41, 5.74) is 1.09. The van der Waals surface area contributed by atoms with Crippen LogP contribution in [-0.4, -0.2) is 29.1 Å². The molecule has 120 valence electrons. The number of hydrogen-bond acceptors (Lipinski definition) is 4. The topological polar surface area (TPSA) is 53.4 Å². The van der Waals surface area contributed by atoms with Gasteiger partial charge in [-0.1, -0.05) is 6.42 Å². The van der Waals surface area contributed by atoms with Crippen molar-refractivity contribution in [3.05, 3.63) is 35.5 Å². The van der Waals surface area contributed by atoms with Crippen molar-refractivity contribution < 1.29 is 14.3 Å². The fraction of sp³-hybridized carbons (Fsp3) is 0.412. The molecule has 1 saturated heterocycles. The second-order valence-electron chi connectivity index (χ2n) is 6.45. The Bertz CT molecular complexity index is 745. The van der Waals surface area contributed by atoms with Gasteiger partial charge in [-0.15, -0.1) is 11.3 Å². The normalized spacial score (nSPS) is 26.5. The molecule has 2 aliphatic rings. The average molecular weight is 332 g/mol. The summed E-state index contributed by atoms with van der Waals surface area (Å²) in [4.78, 5) is 18.5. The molecule has 2 atom stereocenters. The molecule has 6 heteroatoms. The molecule has 1 aromatic heterocycles. The van der Waals surface area contributed by atoms with Crippen molar-refractivity contribution in [1.29, 1.82) is 0 Å². The number of hydrogen-bond donors (Lipinski definition) is 1. The van der Waals surface area contributed by atoms with Crippen LogP contribution in [0.25, 0.3) is 11.3 Å². The first-order valence-electron chi connectivity index (χ1n) is 7.78. The molecule has 1 aliphatic carbocycles. The molecule has 0 radical (unpaired) electrons. The summed E-state index contributed by atoms with van der Waals surface area (Å²) in [5, 5.41) is 12.5. The average Bonchev–Trinajstić information content (AvgIpc) is 3.21. The zero-order chi connectivity index (χ0) is 16.0. The number of thiazole rings is 1. The first-order chi connectivity index (χ1) is 11.1. The first-order valence-corrected chi connectivity index (χ1v) is 8.66. The van der Waals surface area contributed by atoms with E-state index in [1.807, 2.05) is 5.38 Å². The molecule has 4 nitrogen and oxygen atoms in total. The molecule has 1 saturated carbocycles. The number of carboxylic acids is 1. The third kappa shape index (κ3) is 2.32. The highest BCUT2D eigenvalue weighted by molar-refractivity contribution is 7.14. The van der Waals surface area contributed by atoms with Gasteiger partial charge >= 0.3 is 5.97 Å². The largest absolute Gasteiger partial charge is 0.481 e. The molecule has 0 spiro atoms. The molecule has 1 N–H and O–H groups in total. The van der Waals surface area contributed by atoms with Crippen LogP contribution in [0, 0.1) is 17.2 Å². The highest BCUT2D eigenvalue weighted by atomic mass is 32.1. The van der Waals surface area contributed by atoms with E-state index < -0.39 is 11.4 Å². The number of aromatic nitrogens is 1. The zero-order valence-corrected chi connectivity index (χ0v) is 13.4. The van der Waals surface area contributed by atoms with Crippen molar-refractivity contribution in [1.82, 2.24) is 4.98 Å². The predicted molar refractivity (Wildman–Crippen MR) is 87.1 cm³/mol. The van der Waals surface area contributed by atoms with Gasteiger partial charge in [0.1, 0.15) is 5.82 Å². The molecule has 0 unspecified atom stereocenters. The van der Waals surface area contributed by atoms with Gasteiger partial charge in [0.2, 0.25) is 0 Å². The summed E-state index contributed by atoms with van der Waals surface area (Å²) < 4.78 is 13.0. The van der Waals surface area contributed by atoms with Crippen molar-refractivity contribution in [2.45, 2.75) is 19.3 Å². The number of anilines is 1. The third-order valence-electron chi connectivity index (χ3n) is 5.20. The minimum absolute atomic E-state index is 0.221. The van der Waals surface area contributed by atoms with E-state index in [-0.39, 0.29) is 11.7 Å². The lowest BCUT2D eigenvalue weighted by atomic mass is 9.81. The zero-order valence-electron chi connectivity index (χ0n) is 12.5. The lowest BCUT2D eigenvalue weighted by Gasteiger charge is -2.23. The molecule has 2 aromatic rings. The number of benzene rings is 1. The Morgan fingerprint density at radius 2 is 2.17 bits per heavy atom. The van der Waals surface area contributed by atoms with Crippen LogP contribution in [0.15, 0.2) is 29.6 Å². The standard InChI is InChI=1S/C17H17FN2O2S/c18-13-5-3-11(4-6-13)14-9-23-16(19-14)20-8-12-2-1-7-17(12,10-20)15(21)22/h3-6,9,12H,1-2,7-8,10H2,(H,21,22)/t12-,17+/m0/s1. The quantitative estimate of drug-likeness (QED) is 0.932. The van der Waals surface area contributed by atoms with Gasteiger partial charge in [-0.2, -0.15) is 0 Å². The van der Waals surface area contributed by atoms with Gasteiger partial charge in [-0.25, -0.2) is 9.37 Å². The SMILES string of the molecule is O=C(O)[C@@]12CCC[C@H]1CN(c1nc(-c3ccc(F)cc3)cs1)C2. The molecular weight excluding hydrogens is 315 g/mol. The molecule has 2 heterocycles. The smallest absolute Gasteiger partial charge is 0.311 e. The van der Waals surface area contributed by atoms with Crippen LogP contribution in [-0.2, 0) is 4.79 Å². The van der Waals surface area contributed by atoms with E-state index in [0.717, 1.165) is 42.2 Å². The number of nitrogens with zero attached hydrogens (tertiary/aromatic N) is 2. The maximum absolute atomic E-state index is 13.0. The van der Waals surface area contributed by atoms with Gasteiger partial charge in [-0.05, 0) is 43.0 Å². The summed E-state index contributed by atoms with van der Waals surface area (Å²) in [5.74, 6) is -0.712. The van der Waals surface area contributed by atoms with Crippen molar-refractivity contribution in [2.24, 2.45) is 11.3 Å². The van der Waals surface area contributed by atoms with Crippen molar-refractivity contribution in [3.8, 4) is 11.3 Å². The van der Waals surface area contributed by atoms with E-state index in [1.165, 1.54) is 23.5 Å². The summed E-state index contributed by atoms with van der Waals surface area (Å²) in [6.45, 7) is 1.31. The number of halogens is 1. The Hall–Kier alpha value is -1.95. The van der Waals surface area contributed by atoms with Crippen molar-refractivity contribution >= 4 is 22.4 Å². The van der Waals surface area contributed by atoms with Crippen molar-refractivity contribution in [3.63, 3.8) is 0 Å². The van der Waals surface area contributed by atoms with E-state index in [0.29, 0.717) is 6.54 Å². The Morgan fingerprint density at radius 1 is 1.39 bits per heavy atom. The van der Waals surface area contributed by atoms with E-state index in [9.17, 15) is 14.3 Å². The molecule has 1 aromatic carbocycles. The van der Waals surface area contributed by atoms with Crippen LogP contribution >= 0.6 is 11.3 Å². The van der Waals surface area contributed by atoms with Crippen LogP contribution in [0.2, 0.25) is 0 Å². The Labute approximate surface area is 137 Å². The van der Waals surface area contributed by atoms with E-state index in [2.05, 4.69) is 9.88 Å². The van der Waals surface area contributed by atoms with Gasteiger partial charge < -0.3 is 10.0 Å². The Morgan fingerprint density at radius 3 is 2.87 bits per heavy atom. The number of carbonyl (C=O) groups is 1. The number of fused-ring (bicyclic) bond motifs is 1. The maximum atomic E-state index is 13.0. The van der Waals surface area contributed by atoms with Gasteiger partial charge in [-0.3, -0.25) is 4.79 Å². The minimum atomic E-state index is -0.669. The molecule has 0 bridgehead atoms. The summed E-state index contributed by atoms with van der Waals surface area (Å²) >= 11 is 1.52. The predicted octanol–water partition coefficient (Wildman–Crippen LogP) is 3.64.